The summed E-state index contributed by atoms with van der Waals surface area (Å²) in [4.78, 5) is 11.9. The monoisotopic (exact) mass is 378 g/mol. The van der Waals surface area contributed by atoms with Gasteiger partial charge in [-0.25, -0.2) is 0 Å². The molecule has 0 spiro atoms. The van der Waals surface area contributed by atoms with Gasteiger partial charge >= 0.3 is 0 Å². The predicted molar refractivity (Wildman–Crippen MR) is 87.7 cm³/mol. The number of fused-ring (bicyclic) bond motifs is 1. The van der Waals surface area contributed by atoms with Gasteiger partial charge in [-0.2, -0.15) is 0 Å². The molecule has 0 bridgehead atoms. The molecule has 3 rings (SSSR count). The number of hydrogen-bond donors (Lipinski definition) is 2. The third-order valence-electron chi connectivity index (χ3n) is 3.66. The fourth-order valence-electron chi connectivity index (χ4n) is 2.53. The Morgan fingerprint density at radius 2 is 2.00 bits per heavy atom. The Hall–Kier alpha value is -1.40. The molecule has 0 aliphatic carbocycles. The average Bonchev–Trinajstić information content (AvgIpc) is 2.47. The molecule has 2 aromatic carbocycles. The van der Waals surface area contributed by atoms with Crippen molar-refractivity contribution in [2.45, 2.75) is 12.5 Å². The fraction of sp³-hybridized carbons (Fsp3) is 0.188. The Balaban J connectivity index is 2.01. The van der Waals surface area contributed by atoms with E-state index < -0.39 is 0 Å². The molecule has 3 nitrogen and oxygen atoms in total. The fourth-order valence-corrected chi connectivity index (χ4v) is 3.25. The first-order chi connectivity index (χ1) is 9.66. The molecule has 1 heterocycles. The first kappa shape index (κ1) is 13.6. The Morgan fingerprint density at radius 3 is 2.80 bits per heavy atom. The van der Waals surface area contributed by atoms with Crippen LogP contribution in [0.3, 0.4) is 0 Å². The summed E-state index contributed by atoms with van der Waals surface area (Å²) < 4.78 is 1.14. The van der Waals surface area contributed by atoms with E-state index >= 15 is 0 Å². The number of amides is 1. The highest BCUT2D eigenvalue weighted by Gasteiger charge is 2.19. The van der Waals surface area contributed by atoms with E-state index in [1.165, 1.54) is 0 Å². The van der Waals surface area contributed by atoms with Gasteiger partial charge in [-0.1, -0.05) is 30.3 Å². The summed E-state index contributed by atoms with van der Waals surface area (Å²) in [6.07, 6.45) is 0.888. The molecule has 20 heavy (non-hydrogen) atoms. The molecular formula is C16H15IN2O. The smallest absolute Gasteiger partial charge is 0.251 e. The minimum Gasteiger partial charge on any atom is -0.352 e. The van der Waals surface area contributed by atoms with Gasteiger partial charge in [0, 0.05) is 15.7 Å². The highest BCUT2D eigenvalue weighted by molar-refractivity contribution is 14.1. The molecule has 1 atom stereocenters. The summed E-state index contributed by atoms with van der Waals surface area (Å²) >= 11 is 2.29. The Kier molecular flexibility index (Phi) is 3.76. The maximum absolute atomic E-state index is 11.9. The molecule has 4 heteroatoms. The van der Waals surface area contributed by atoms with Crippen LogP contribution in [0.5, 0.6) is 0 Å². The summed E-state index contributed by atoms with van der Waals surface area (Å²) in [5, 5.41) is 2.87. The first-order valence-corrected chi connectivity index (χ1v) is 7.66. The van der Waals surface area contributed by atoms with E-state index in [-0.39, 0.29) is 11.9 Å². The maximum Gasteiger partial charge on any atom is 0.251 e. The van der Waals surface area contributed by atoms with E-state index in [1.807, 2.05) is 42.5 Å². The molecule has 102 valence electrons. The maximum atomic E-state index is 11.9. The molecule has 2 aromatic rings. The summed E-state index contributed by atoms with van der Waals surface area (Å²) in [6.45, 7) is 0.716. The third kappa shape index (κ3) is 2.45. The van der Waals surface area contributed by atoms with Gasteiger partial charge in [0.15, 0.2) is 0 Å². The van der Waals surface area contributed by atoms with Crippen LogP contribution in [-0.4, -0.2) is 12.5 Å². The largest absolute Gasteiger partial charge is 0.352 e. The number of halogens is 1. The van der Waals surface area contributed by atoms with E-state index in [2.05, 4.69) is 27.9 Å². The third-order valence-corrected chi connectivity index (χ3v) is 4.64. The van der Waals surface area contributed by atoms with Gasteiger partial charge in [-0.3, -0.25) is 4.79 Å². The van der Waals surface area contributed by atoms with Crippen molar-refractivity contribution in [2.75, 3.05) is 6.54 Å². The van der Waals surface area contributed by atoms with E-state index in [0.29, 0.717) is 6.54 Å². The van der Waals surface area contributed by atoms with Crippen molar-refractivity contribution in [3.63, 3.8) is 0 Å². The van der Waals surface area contributed by atoms with Gasteiger partial charge in [0.2, 0.25) is 0 Å². The summed E-state index contributed by atoms with van der Waals surface area (Å²) in [7, 11) is 0. The van der Waals surface area contributed by atoms with Crippen molar-refractivity contribution in [3.8, 4) is 0 Å². The lowest BCUT2D eigenvalue weighted by Crippen LogP contribution is -2.32. The van der Waals surface area contributed by atoms with Gasteiger partial charge in [0.25, 0.3) is 5.91 Å². The van der Waals surface area contributed by atoms with Crippen LogP contribution in [0, 0.1) is 3.57 Å². The second-order valence-corrected chi connectivity index (χ2v) is 6.08. The van der Waals surface area contributed by atoms with Crippen LogP contribution in [0.15, 0.2) is 42.5 Å². The lowest BCUT2D eigenvalue weighted by atomic mass is 9.93. The molecule has 1 aliphatic heterocycles. The molecule has 0 saturated carbocycles. The normalized spacial score (nSPS) is 15.4. The molecule has 3 N–H and O–H groups in total. The molecule has 1 unspecified atom stereocenters. The molecule has 0 aromatic heterocycles. The van der Waals surface area contributed by atoms with Crippen LogP contribution < -0.4 is 11.1 Å². The second-order valence-electron chi connectivity index (χ2n) is 4.92. The predicted octanol–water partition coefficient (Wildman–Crippen LogP) is 2.63. The zero-order valence-electron chi connectivity index (χ0n) is 10.9. The lowest BCUT2D eigenvalue weighted by molar-refractivity contribution is 0.0946. The Bertz CT molecular complexity index is 669. The lowest BCUT2D eigenvalue weighted by Gasteiger charge is -2.20. The average molecular weight is 378 g/mol. The van der Waals surface area contributed by atoms with Crippen molar-refractivity contribution in [2.24, 2.45) is 5.73 Å². The number of nitrogens with two attached hydrogens (primary N) is 1. The van der Waals surface area contributed by atoms with Crippen molar-refractivity contribution in [1.29, 1.82) is 0 Å². The molecular weight excluding hydrogens is 363 g/mol. The minimum absolute atomic E-state index is 0.00283. The standard InChI is InChI=1S/C16H15IN2O/c17-14-4-2-1-3-12(14)15(18)11-6-5-10-7-8-19-16(20)13(10)9-11/h1-6,9,15H,7-8,18H2,(H,19,20). The van der Waals surface area contributed by atoms with Crippen molar-refractivity contribution < 1.29 is 4.79 Å². The Labute approximate surface area is 131 Å². The van der Waals surface area contributed by atoms with Gasteiger partial charge in [-0.15, -0.1) is 0 Å². The quantitative estimate of drug-likeness (QED) is 0.790. The highest BCUT2D eigenvalue weighted by Crippen LogP contribution is 2.26. The van der Waals surface area contributed by atoms with Crippen molar-refractivity contribution >= 4 is 28.5 Å². The summed E-state index contributed by atoms with van der Waals surface area (Å²) in [6, 6.07) is 13.8. The van der Waals surface area contributed by atoms with Crippen LogP contribution in [0.1, 0.15) is 33.1 Å². The summed E-state index contributed by atoms with van der Waals surface area (Å²) in [5.74, 6) is 0.00283. The summed E-state index contributed by atoms with van der Waals surface area (Å²) in [5.41, 5.74) is 10.3. The topological polar surface area (TPSA) is 55.1 Å². The highest BCUT2D eigenvalue weighted by atomic mass is 127. The number of hydrogen-bond acceptors (Lipinski definition) is 2. The molecule has 0 radical (unpaired) electrons. The van der Waals surface area contributed by atoms with Crippen molar-refractivity contribution in [3.05, 3.63) is 68.3 Å². The number of carbonyl (C=O) groups is 1. The van der Waals surface area contributed by atoms with Crippen molar-refractivity contribution in [1.82, 2.24) is 5.32 Å². The molecule has 1 amide bonds. The first-order valence-electron chi connectivity index (χ1n) is 6.58. The van der Waals surface area contributed by atoms with Crippen LogP contribution >= 0.6 is 22.6 Å². The van der Waals surface area contributed by atoms with Crippen LogP contribution in [0.4, 0.5) is 0 Å². The van der Waals surface area contributed by atoms with E-state index in [9.17, 15) is 4.79 Å². The zero-order valence-corrected chi connectivity index (χ0v) is 13.1. The van der Waals surface area contributed by atoms with E-state index in [1.54, 1.807) is 0 Å². The number of nitrogens with one attached hydrogen (secondary N) is 1. The van der Waals surface area contributed by atoms with E-state index in [4.69, 9.17) is 5.73 Å². The number of benzene rings is 2. The number of carbonyl (C=O) groups excluding carboxylic acids is 1. The molecule has 0 fully saturated rings. The van der Waals surface area contributed by atoms with Gasteiger partial charge in [-0.05, 0) is 57.8 Å². The molecule has 1 aliphatic rings. The van der Waals surface area contributed by atoms with Crippen LogP contribution in [-0.2, 0) is 6.42 Å². The zero-order chi connectivity index (χ0) is 14.1. The number of rotatable bonds is 2. The minimum atomic E-state index is -0.205. The molecule has 0 saturated heterocycles. The van der Waals surface area contributed by atoms with Gasteiger partial charge < -0.3 is 11.1 Å². The van der Waals surface area contributed by atoms with E-state index in [0.717, 1.165) is 32.2 Å². The van der Waals surface area contributed by atoms with Crippen LogP contribution in [0.2, 0.25) is 0 Å². The SMILES string of the molecule is NC(c1ccc2c(c1)C(=O)NCC2)c1ccccc1I. The Morgan fingerprint density at radius 1 is 1.20 bits per heavy atom. The second kappa shape index (κ2) is 5.54. The van der Waals surface area contributed by atoms with Crippen LogP contribution in [0.25, 0.3) is 0 Å². The van der Waals surface area contributed by atoms with Gasteiger partial charge in [0.05, 0.1) is 6.04 Å². The van der Waals surface area contributed by atoms with Gasteiger partial charge in [0.1, 0.15) is 0 Å².